The maximum Gasteiger partial charge on any atom is 0.137 e. The Bertz CT molecular complexity index is 425. The second-order valence-corrected chi connectivity index (χ2v) is 6.06. The van der Waals surface area contributed by atoms with Crippen molar-refractivity contribution in [3.63, 3.8) is 0 Å². The Morgan fingerprint density at radius 3 is 2.65 bits per heavy atom. The fraction of sp³-hybridized carbons (Fsp3) is 0.500. The lowest BCUT2D eigenvalue weighted by atomic mass is 9.93. The van der Waals surface area contributed by atoms with Crippen molar-refractivity contribution in [3.05, 3.63) is 33.8 Å². The molecular formula is C12H12Br2F2O. The summed E-state index contributed by atoms with van der Waals surface area (Å²) in [4.78, 5) is -0.220. The maximum atomic E-state index is 13.8. The van der Waals surface area contributed by atoms with Crippen LogP contribution in [0.5, 0.6) is 0 Å². The molecule has 0 bridgehead atoms. The van der Waals surface area contributed by atoms with E-state index in [4.69, 9.17) is 4.74 Å². The van der Waals surface area contributed by atoms with E-state index in [0.29, 0.717) is 12.2 Å². The van der Waals surface area contributed by atoms with Crippen LogP contribution >= 0.6 is 31.9 Å². The van der Waals surface area contributed by atoms with Crippen LogP contribution in [-0.2, 0) is 4.74 Å². The van der Waals surface area contributed by atoms with Crippen LogP contribution in [0.2, 0.25) is 0 Å². The minimum Gasteiger partial charge on any atom is -0.378 e. The van der Waals surface area contributed by atoms with Crippen molar-refractivity contribution in [3.8, 4) is 0 Å². The molecule has 0 aromatic heterocycles. The Morgan fingerprint density at radius 1 is 1.35 bits per heavy atom. The third-order valence-corrected chi connectivity index (χ3v) is 4.93. The standard InChI is InChI=1S/C12H12Br2F2O/c1-6-7(2-3-17-6)12(14)8-4-11(16)9(13)5-10(8)15/h4-7,12H,2-3H2,1H3. The lowest BCUT2D eigenvalue weighted by Gasteiger charge is -2.21. The monoisotopic (exact) mass is 368 g/mol. The van der Waals surface area contributed by atoms with Gasteiger partial charge in [-0.15, -0.1) is 0 Å². The largest absolute Gasteiger partial charge is 0.378 e. The average molecular weight is 370 g/mol. The van der Waals surface area contributed by atoms with E-state index in [1.165, 1.54) is 12.1 Å². The third-order valence-electron chi connectivity index (χ3n) is 3.15. The zero-order chi connectivity index (χ0) is 12.6. The van der Waals surface area contributed by atoms with E-state index < -0.39 is 11.6 Å². The van der Waals surface area contributed by atoms with E-state index in [0.717, 1.165) is 6.42 Å². The van der Waals surface area contributed by atoms with Crippen molar-refractivity contribution < 1.29 is 13.5 Å². The van der Waals surface area contributed by atoms with Crippen molar-refractivity contribution in [2.45, 2.75) is 24.3 Å². The Hall–Kier alpha value is -0.0000000000000000555. The zero-order valence-electron chi connectivity index (χ0n) is 9.22. The van der Waals surface area contributed by atoms with Crippen molar-refractivity contribution in [2.24, 2.45) is 5.92 Å². The summed E-state index contributed by atoms with van der Waals surface area (Å²) in [7, 11) is 0. The van der Waals surface area contributed by atoms with Gasteiger partial charge in [-0.3, -0.25) is 0 Å². The molecule has 0 spiro atoms. The van der Waals surface area contributed by atoms with Crippen LogP contribution in [-0.4, -0.2) is 12.7 Å². The lowest BCUT2D eigenvalue weighted by Crippen LogP contribution is -2.17. The number of hydrogen-bond acceptors (Lipinski definition) is 1. The summed E-state index contributed by atoms with van der Waals surface area (Å²) < 4.78 is 32.8. The molecule has 1 saturated heterocycles. The third kappa shape index (κ3) is 2.71. The summed E-state index contributed by atoms with van der Waals surface area (Å²) in [6.07, 6.45) is 0.916. The number of rotatable bonds is 2. The quantitative estimate of drug-likeness (QED) is 0.547. The highest BCUT2D eigenvalue weighted by Gasteiger charge is 2.33. The van der Waals surface area contributed by atoms with Crippen molar-refractivity contribution >= 4 is 31.9 Å². The number of hydrogen-bond donors (Lipinski definition) is 0. The summed E-state index contributed by atoms with van der Waals surface area (Å²) in [6, 6.07) is 2.41. The second-order valence-electron chi connectivity index (χ2n) is 4.22. The Balaban J connectivity index is 2.30. The van der Waals surface area contributed by atoms with E-state index >= 15 is 0 Å². The first-order valence-electron chi connectivity index (χ1n) is 5.41. The van der Waals surface area contributed by atoms with E-state index in [2.05, 4.69) is 31.9 Å². The molecule has 1 aromatic rings. The molecular weight excluding hydrogens is 358 g/mol. The summed E-state index contributed by atoms with van der Waals surface area (Å²) in [5, 5.41) is 0. The lowest BCUT2D eigenvalue weighted by molar-refractivity contribution is 0.105. The van der Waals surface area contributed by atoms with Crippen molar-refractivity contribution in [1.29, 1.82) is 0 Å². The van der Waals surface area contributed by atoms with Crippen LogP contribution in [0.4, 0.5) is 8.78 Å². The molecule has 1 aliphatic heterocycles. The first kappa shape index (κ1) is 13.4. The van der Waals surface area contributed by atoms with Crippen LogP contribution in [0.3, 0.4) is 0 Å². The highest BCUT2D eigenvalue weighted by molar-refractivity contribution is 9.10. The normalized spacial score (nSPS) is 26.2. The van der Waals surface area contributed by atoms with Gasteiger partial charge in [0.1, 0.15) is 11.6 Å². The van der Waals surface area contributed by atoms with Gasteiger partial charge in [0.2, 0.25) is 0 Å². The minimum absolute atomic E-state index is 0.0606. The average Bonchev–Trinajstić information content (AvgIpc) is 2.69. The van der Waals surface area contributed by atoms with E-state index in [9.17, 15) is 8.78 Å². The van der Waals surface area contributed by atoms with Crippen LogP contribution in [0.15, 0.2) is 16.6 Å². The highest BCUT2D eigenvalue weighted by atomic mass is 79.9. The number of ether oxygens (including phenoxy) is 1. The Labute approximate surface area is 116 Å². The molecule has 1 nitrogen and oxygen atoms in total. The topological polar surface area (TPSA) is 9.23 Å². The molecule has 0 amide bonds. The highest BCUT2D eigenvalue weighted by Crippen LogP contribution is 2.41. The van der Waals surface area contributed by atoms with Gasteiger partial charge in [0, 0.05) is 22.9 Å². The van der Waals surface area contributed by atoms with Crippen LogP contribution < -0.4 is 0 Å². The molecule has 3 atom stereocenters. The Kier molecular flexibility index (Phi) is 4.21. The van der Waals surface area contributed by atoms with E-state index in [1.807, 2.05) is 6.92 Å². The summed E-state index contributed by atoms with van der Waals surface area (Å²) >= 11 is 6.43. The number of alkyl halides is 1. The van der Waals surface area contributed by atoms with Gasteiger partial charge in [0.05, 0.1) is 10.6 Å². The fourth-order valence-corrected chi connectivity index (χ4v) is 3.47. The fourth-order valence-electron chi connectivity index (χ4n) is 2.11. The van der Waals surface area contributed by atoms with Crippen molar-refractivity contribution in [2.75, 3.05) is 6.61 Å². The maximum absolute atomic E-state index is 13.8. The van der Waals surface area contributed by atoms with Crippen LogP contribution in [0.1, 0.15) is 23.7 Å². The molecule has 94 valence electrons. The van der Waals surface area contributed by atoms with Gasteiger partial charge in [-0.05, 0) is 41.4 Å². The molecule has 17 heavy (non-hydrogen) atoms. The van der Waals surface area contributed by atoms with Gasteiger partial charge in [-0.2, -0.15) is 0 Å². The Morgan fingerprint density at radius 2 is 2.06 bits per heavy atom. The van der Waals surface area contributed by atoms with Gasteiger partial charge >= 0.3 is 0 Å². The van der Waals surface area contributed by atoms with E-state index in [-0.39, 0.29) is 21.3 Å². The molecule has 1 heterocycles. The summed E-state index contributed by atoms with van der Waals surface area (Å²) in [5.74, 6) is -0.679. The van der Waals surface area contributed by atoms with Gasteiger partial charge < -0.3 is 4.74 Å². The van der Waals surface area contributed by atoms with Gasteiger partial charge in [-0.1, -0.05) is 15.9 Å². The molecule has 1 aliphatic rings. The van der Waals surface area contributed by atoms with Crippen LogP contribution in [0, 0.1) is 17.6 Å². The molecule has 0 N–H and O–H groups in total. The molecule has 5 heteroatoms. The van der Waals surface area contributed by atoms with Gasteiger partial charge in [0.25, 0.3) is 0 Å². The molecule has 3 unspecified atom stereocenters. The van der Waals surface area contributed by atoms with E-state index in [1.54, 1.807) is 0 Å². The molecule has 0 radical (unpaired) electrons. The predicted molar refractivity (Wildman–Crippen MR) is 69.2 cm³/mol. The SMILES string of the molecule is CC1OCCC1C(Br)c1cc(F)c(Br)cc1F. The van der Waals surface area contributed by atoms with Gasteiger partial charge in [-0.25, -0.2) is 8.78 Å². The summed E-state index contributed by atoms with van der Waals surface area (Å²) in [5.41, 5.74) is 0.355. The minimum atomic E-state index is -0.447. The smallest absolute Gasteiger partial charge is 0.137 e. The first-order chi connectivity index (χ1) is 8.00. The van der Waals surface area contributed by atoms with Crippen molar-refractivity contribution in [1.82, 2.24) is 0 Å². The molecule has 0 aliphatic carbocycles. The predicted octanol–water partition coefficient (Wildman–Crippen LogP) is 4.59. The second kappa shape index (κ2) is 5.33. The molecule has 0 saturated carbocycles. The first-order valence-corrected chi connectivity index (χ1v) is 7.11. The zero-order valence-corrected chi connectivity index (χ0v) is 12.4. The number of benzene rings is 1. The van der Waals surface area contributed by atoms with Crippen LogP contribution in [0.25, 0.3) is 0 Å². The van der Waals surface area contributed by atoms with Gasteiger partial charge in [0.15, 0.2) is 0 Å². The molecule has 1 aromatic carbocycles. The molecule has 2 rings (SSSR count). The summed E-state index contributed by atoms with van der Waals surface area (Å²) in [6.45, 7) is 2.63. The number of halogens is 4. The molecule has 1 fully saturated rings.